The van der Waals surface area contributed by atoms with Gasteiger partial charge in [-0.05, 0) is 13.3 Å². The zero-order valence-electron chi connectivity index (χ0n) is 13.4. The summed E-state index contributed by atoms with van der Waals surface area (Å²) in [5.41, 5.74) is 0.345. The van der Waals surface area contributed by atoms with Crippen LogP contribution >= 0.6 is 11.8 Å². The van der Waals surface area contributed by atoms with Crippen molar-refractivity contribution in [1.29, 1.82) is 0 Å². The first-order valence-corrected chi connectivity index (χ1v) is 8.44. The van der Waals surface area contributed by atoms with Crippen LogP contribution in [-0.2, 0) is 23.9 Å². The molecule has 0 aromatic carbocycles. The van der Waals surface area contributed by atoms with Gasteiger partial charge in [-0.25, -0.2) is 4.79 Å². The zero-order valence-corrected chi connectivity index (χ0v) is 14.2. The van der Waals surface area contributed by atoms with Gasteiger partial charge < -0.3 is 15.2 Å². The second-order valence-corrected chi connectivity index (χ2v) is 6.22. The van der Waals surface area contributed by atoms with E-state index in [1.165, 1.54) is 18.7 Å². The van der Waals surface area contributed by atoms with Crippen molar-refractivity contribution in [3.05, 3.63) is 11.3 Å². The minimum absolute atomic E-state index is 0.0669. The SMILES string of the molecule is CCCC(C(=O)O)C1SCC(C(=O)C(=O)OCC)=C1NC(C)=O. The van der Waals surface area contributed by atoms with Crippen molar-refractivity contribution in [3.8, 4) is 0 Å². The van der Waals surface area contributed by atoms with Crippen molar-refractivity contribution in [2.75, 3.05) is 12.4 Å². The lowest BCUT2D eigenvalue weighted by Crippen LogP contribution is -2.34. The third kappa shape index (κ3) is 4.82. The first-order chi connectivity index (χ1) is 10.8. The van der Waals surface area contributed by atoms with E-state index in [2.05, 4.69) is 5.32 Å². The molecule has 8 heteroatoms. The van der Waals surface area contributed by atoms with Crippen molar-refractivity contribution in [2.24, 2.45) is 5.92 Å². The Kier molecular flexibility index (Phi) is 7.28. The standard InChI is InChI=1S/C15H21NO6S/c1-4-6-9(14(19)20)13-11(16-8(3)17)10(7-23-13)12(18)15(21)22-5-2/h9,13H,4-7H2,1-3H3,(H,16,17)(H,19,20). The van der Waals surface area contributed by atoms with E-state index in [1.807, 2.05) is 6.92 Å². The van der Waals surface area contributed by atoms with Crippen molar-refractivity contribution in [3.63, 3.8) is 0 Å². The van der Waals surface area contributed by atoms with Crippen LogP contribution in [0.15, 0.2) is 11.3 Å². The van der Waals surface area contributed by atoms with Gasteiger partial charge in [-0.1, -0.05) is 13.3 Å². The molecule has 0 saturated carbocycles. The van der Waals surface area contributed by atoms with Gasteiger partial charge >= 0.3 is 11.9 Å². The van der Waals surface area contributed by atoms with Gasteiger partial charge in [0, 0.05) is 23.9 Å². The third-order valence-corrected chi connectivity index (χ3v) is 4.72. The fourth-order valence-corrected chi connectivity index (χ4v) is 3.87. The number of hydrogen-bond donors (Lipinski definition) is 2. The van der Waals surface area contributed by atoms with Crippen LogP contribution in [0.1, 0.15) is 33.6 Å². The smallest absolute Gasteiger partial charge is 0.379 e. The summed E-state index contributed by atoms with van der Waals surface area (Å²) in [6, 6.07) is 0. The summed E-state index contributed by atoms with van der Waals surface area (Å²) in [5, 5.41) is 11.4. The van der Waals surface area contributed by atoms with Crippen molar-refractivity contribution >= 4 is 35.4 Å². The lowest BCUT2D eigenvalue weighted by atomic mass is 9.94. The van der Waals surface area contributed by atoms with E-state index in [-0.39, 0.29) is 23.6 Å². The molecular weight excluding hydrogens is 322 g/mol. The number of esters is 1. The molecule has 1 aliphatic rings. The van der Waals surface area contributed by atoms with Crippen LogP contribution in [0.5, 0.6) is 0 Å². The van der Waals surface area contributed by atoms with E-state index in [0.29, 0.717) is 12.8 Å². The summed E-state index contributed by atoms with van der Waals surface area (Å²) in [6.07, 6.45) is 1.07. The topological polar surface area (TPSA) is 110 Å². The Labute approximate surface area is 138 Å². The molecule has 0 radical (unpaired) electrons. The summed E-state index contributed by atoms with van der Waals surface area (Å²) in [4.78, 5) is 46.8. The highest BCUT2D eigenvalue weighted by molar-refractivity contribution is 8.00. The molecular formula is C15H21NO6S. The van der Waals surface area contributed by atoms with Crippen LogP contribution < -0.4 is 5.32 Å². The van der Waals surface area contributed by atoms with E-state index in [1.54, 1.807) is 6.92 Å². The number of rotatable bonds is 8. The number of thioether (sulfide) groups is 1. The van der Waals surface area contributed by atoms with Crippen molar-refractivity contribution in [1.82, 2.24) is 5.32 Å². The number of amides is 1. The maximum atomic E-state index is 12.2. The van der Waals surface area contributed by atoms with Crippen LogP contribution in [0.4, 0.5) is 0 Å². The van der Waals surface area contributed by atoms with E-state index in [0.717, 1.165) is 0 Å². The molecule has 0 saturated heterocycles. The van der Waals surface area contributed by atoms with E-state index in [4.69, 9.17) is 4.74 Å². The van der Waals surface area contributed by atoms with Crippen LogP contribution in [0.2, 0.25) is 0 Å². The largest absolute Gasteiger partial charge is 0.481 e. The number of Topliss-reactive ketones (excluding diaryl/α,β-unsaturated/α-hetero) is 1. The van der Waals surface area contributed by atoms with E-state index < -0.39 is 34.8 Å². The van der Waals surface area contributed by atoms with Gasteiger partial charge in [-0.2, -0.15) is 0 Å². The molecule has 128 valence electrons. The predicted octanol–water partition coefficient (Wildman–Crippen LogP) is 1.13. The number of hydrogen-bond acceptors (Lipinski definition) is 6. The molecule has 7 nitrogen and oxygen atoms in total. The number of carboxylic acids is 1. The summed E-state index contributed by atoms with van der Waals surface area (Å²) in [5.74, 6) is -3.79. The minimum Gasteiger partial charge on any atom is -0.481 e. The fraction of sp³-hybridized carbons (Fsp3) is 0.600. The highest BCUT2D eigenvalue weighted by Crippen LogP contribution is 2.38. The number of aliphatic carboxylic acids is 1. The maximum Gasteiger partial charge on any atom is 0.379 e. The molecule has 2 atom stereocenters. The third-order valence-electron chi connectivity index (χ3n) is 3.34. The molecule has 1 rings (SSSR count). The molecule has 0 aromatic heterocycles. The molecule has 0 spiro atoms. The second-order valence-electron chi connectivity index (χ2n) is 5.09. The fourth-order valence-electron chi connectivity index (χ4n) is 2.38. The van der Waals surface area contributed by atoms with Gasteiger partial charge in [0.15, 0.2) is 0 Å². The van der Waals surface area contributed by atoms with Gasteiger partial charge in [-0.15, -0.1) is 11.8 Å². The molecule has 0 fully saturated rings. The normalized spacial score (nSPS) is 18.5. The van der Waals surface area contributed by atoms with Crippen LogP contribution in [0, 0.1) is 5.92 Å². The van der Waals surface area contributed by atoms with Crippen LogP contribution in [0.3, 0.4) is 0 Å². The minimum atomic E-state index is -0.992. The predicted molar refractivity (Wildman–Crippen MR) is 84.8 cm³/mol. The Morgan fingerprint density at radius 1 is 1.35 bits per heavy atom. The second kappa shape index (κ2) is 8.71. The first-order valence-electron chi connectivity index (χ1n) is 7.39. The molecule has 2 N–H and O–H groups in total. The summed E-state index contributed by atoms with van der Waals surface area (Å²) in [6.45, 7) is 4.79. The van der Waals surface area contributed by atoms with E-state index in [9.17, 15) is 24.3 Å². The Morgan fingerprint density at radius 2 is 2.00 bits per heavy atom. The number of nitrogens with one attached hydrogen (secondary N) is 1. The average molecular weight is 343 g/mol. The van der Waals surface area contributed by atoms with Crippen LogP contribution in [-0.4, -0.2) is 46.3 Å². The zero-order chi connectivity index (χ0) is 17.6. The van der Waals surface area contributed by atoms with E-state index >= 15 is 0 Å². The number of ether oxygens (including phenoxy) is 1. The average Bonchev–Trinajstić information content (AvgIpc) is 2.86. The van der Waals surface area contributed by atoms with Gasteiger partial charge in [0.2, 0.25) is 5.91 Å². The number of carboxylic acid groups (broad SMARTS) is 1. The van der Waals surface area contributed by atoms with Crippen LogP contribution in [0.25, 0.3) is 0 Å². The number of carbonyl (C=O) groups is 4. The van der Waals surface area contributed by atoms with Gasteiger partial charge in [0.05, 0.1) is 17.8 Å². The monoisotopic (exact) mass is 343 g/mol. The molecule has 1 aliphatic heterocycles. The molecule has 23 heavy (non-hydrogen) atoms. The van der Waals surface area contributed by atoms with Crippen molar-refractivity contribution in [2.45, 2.75) is 38.9 Å². The lowest BCUT2D eigenvalue weighted by Gasteiger charge is -2.22. The Morgan fingerprint density at radius 3 is 2.48 bits per heavy atom. The molecule has 0 bridgehead atoms. The lowest BCUT2D eigenvalue weighted by molar-refractivity contribution is -0.151. The molecule has 0 aliphatic carbocycles. The quantitative estimate of drug-likeness (QED) is 0.502. The highest BCUT2D eigenvalue weighted by Gasteiger charge is 2.40. The molecule has 1 amide bonds. The summed E-state index contributed by atoms with van der Waals surface area (Å²) < 4.78 is 4.70. The first kappa shape index (κ1) is 19.2. The highest BCUT2D eigenvalue weighted by atomic mass is 32.2. The summed E-state index contributed by atoms with van der Waals surface area (Å²) in [7, 11) is 0. The Hall–Kier alpha value is -1.83. The Balaban J connectivity index is 3.18. The molecule has 0 aromatic rings. The van der Waals surface area contributed by atoms with Gasteiger partial charge in [0.1, 0.15) is 0 Å². The number of ketones is 1. The summed E-state index contributed by atoms with van der Waals surface area (Å²) >= 11 is 1.24. The van der Waals surface area contributed by atoms with Gasteiger partial charge in [-0.3, -0.25) is 14.4 Å². The Bertz CT molecular complexity index is 542. The number of carbonyl (C=O) groups excluding carboxylic acids is 3. The maximum absolute atomic E-state index is 12.2. The van der Waals surface area contributed by atoms with Crippen molar-refractivity contribution < 1.29 is 29.0 Å². The van der Waals surface area contributed by atoms with Gasteiger partial charge in [0.25, 0.3) is 5.78 Å². The molecule has 1 heterocycles. The molecule has 2 unspecified atom stereocenters.